The lowest BCUT2D eigenvalue weighted by Crippen LogP contribution is -2.53. The van der Waals surface area contributed by atoms with Crippen molar-refractivity contribution in [2.24, 2.45) is 0 Å². The Morgan fingerprint density at radius 3 is 1.18 bits per heavy atom. The molecule has 3 aliphatic heterocycles. The van der Waals surface area contributed by atoms with Crippen LogP contribution in [0.4, 0.5) is 45.5 Å². The summed E-state index contributed by atoms with van der Waals surface area (Å²) in [6.45, 7) is 57.8. The van der Waals surface area contributed by atoms with Crippen LogP contribution in [0.3, 0.4) is 0 Å². The Balaban J connectivity index is 0.000000161. The third-order valence-electron chi connectivity index (χ3n) is 23.2. The van der Waals surface area contributed by atoms with E-state index < -0.39 is 16.7 Å². The molecule has 3 saturated heterocycles. The Kier molecular flexibility index (Phi) is 27.1. The number of pyridine rings is 4. The van der Waals surface area contributed by atoms with E-state index in [1.54, 1.807) is 76.1 Å². The van der Waals surface area contributed by atoms with Gasteiger partial charge < -0.3 is 46.0 Å². The van der Waals surface area contributed by atoms with E-state index in [0.717, 1.165) is 22.3 Å². The second-order valence-electron chi connectivity index (χ2n) is 32.1. The van der Waals surface area contributed by atoms with Crippen LogP contribution in [0.5, 0.6) is 0 Å². The van der Waals surface area contributed by atoms with Gasteiger partial charge in [-0.05, 0) is 146 Å². The minimum absolute atomic E-state index is 0.00577. The van der Waals surface area contributed by atoms with Crippen LogP contribution in [0.1, 0.15) is 96.8 Å². The van der Waals surface area contributed by atoms with Crippen LogP contribution in [0.25, 0.3) is 97.7 Å². The van der Waals surface area contributed by atoms with Crippen molar-refractivity contribution < 1.29 is 19.5 Å². The molecule has 0 radical (unpaired) electrons. The number of carbonyl (C=O) groups is 3. The first-order valence-corrected chi connectivity index (χ1v) is 42.5. The van der Waals surface area contributed by atoms with Crippen LogP contribution < -0.4 is 42.8 Å². The third kappa shape index (κ3) is 17.5. The van der Waals surface area contributed by atoms with Crippen molar-refractivity contribution >= 4 is 142 Å². The van der Waals surface area contributed by atoms with E-state index in [1.165, 1.54) is 18.2 Å². The average molecular weight is 1750 g/mol. The number of anilines is 5. The molecular weight excluding hydrogens is 1660 g/mol. The van der Waals surface area contributed by atoms with E-state index in [4.69, 9.17) is 77.6 Å². The molecule has 8 heterocycles. The Bertz CT molecular complexity index is 6670. The number of para-hydroxylation sites is 3. The molecule has 3 aliphatic rings. The average Bonchev–Trinajstić information content (AvgIpc) is 0.988. The summed E-state index contributed by atoms with van der Waals surface area (Å²) in [5.74, 6) is -0.0651. The minimum Gasteiger partial charge on any atom is -0.398 e. The van der Waals surface area contributed by atoms with Gasteiger partial charge in [0.15, 0.2) is 0 Å². The Hall–Kier alpha value is -13.3. The highest BCUT2D eigenvalue weighted by molar-refractivity contribution is 6.36. The zero-order valence-electron chi connectivity index (χ0n) is 70.9. The number of nitrogens with two attached hydrogens (primary N) is 2. The Labute approximate surface area is 745 Å². The molecule has 5 aromatic heterocycles. The van der Waals surface area contributed by atoms with E-state index in [0.29, 0.717) is 192 Å². The van der Waals surface area contributed by atoms with Gasteiger partial charge in [-0.15, -0.1) is 0 Å². The topological polar surface area (TPSA) is 253 Å². The van der Waals surface area contributed by atoms with Crippen molar-refractivity contribution in [3.63, 3.8) is 0 Å². The zero-order chi connectivity index (χ0) is 89.8. The second-order valence-corrected chi connectivity index (χ2v) is 33.7. The fraction of sp³-hybridized carbons (Fsp3) is 0.268. The largest absolute Gasteiger partial charge is 0.398 e. The summed E-state index contributed by atoms with van der Waals surface area (Å²) in [5, 5.41) is 17.5. The number of aromatic nitrogens is 6. The fourth-order valence-corrected chi connectivity index (χ4v) is 18.2. The first-order chi connectivity index (χ1) is 59.9. The van der Waals surface area contributed by atoms with Gasteiger partial charge in [0.1, 0.15) is 0 Å². The first kappa shape index (κ1) is 89.5. The highest BCUT2D eigenvalue weighted by atomic mass is 35.5. The molecule has 3 amide bonds. The maximum absolute atomic E-state index is 14.4. The number of hydrogen-bond donors (Lipinski definition) is 3. The van der Waals surface area contributed by atoms with E-state index in [1.807, 2.05) is 151 Å². The quantitative estimate of drug-likeness (QED) is 0.0436. The lowest BCUT2D eigenvalue weighted by molar-refractivity contribution is -0.127. The highest BCUT2D eigenvalue weighted by Gasteiger charge is 2.37. The number of aliphatic hydroxyl groups excluding tert-OH is 1. The number of aliphatic hydroxyl groups is 1. The maximum Gasteiger partial charge on any atom is 0.274 e. The van der Waals surface area contributed by atoms with Gasteiger partial charge in [0.05, 0.1) is 95.4 Å². The molecule has 125 heavy (non-hydrogen) atoms. The number of piperazine rings is 3. The van der Waals surface area contributed by atoms with Crippen LogP contribution in [-0.2, 0) is 20.9 Å². The van der Waals surface area contributed by atoms with Gasteiger partial charge in [-0.2, -0.15) is 5.10 Å². The van der Waals surface area contributed by atoms with Crippen molar-refractivity contribution in [1.29, 1.82) is 0 Å². The van der Waals surface area contributed by atoms with Gasteiger partial charge in [-0.25, -0.2) is 14.5 Å². The Morgan fingerprint density at radius 1 is 0.480 bits per heavy atom. The normalized spacial score (nSPS) is 15.3. The lowest BCUT2D eigenvalue weighted by Gasteiger charge is -2.42. The first-order valence-electron chi connectivity index (χ1n) is 41.0. The summed E-state index contributed by atoms with van der Waals surface area (Å²) in [6, 6.07) is 40.8. The number of halogens is 4. The molecule has 0 bridgehead atoms. The van der Waals surface area contributed by atoms with Gasteiger partial charge in [0.2, 0.25) is 17.7 Å². The molecule has 12 aromatic rings. The van der Waals surface area contributed by atoms with Gasteiger partial charge >= 0.3 is 0 Å². The number of nitrogen functional groups attached to an aromatic ring is 2. The number of fused-ring (bicyclic) bond motifs is 3. The number of rotatable bonds is 17. The summed E-state index contributed by atoms with van der Waals surface area (Å²) in [7, 11) is 0. The molecule has 28 heteroatoms. The van der Waals surface area contributed by atoms with Crippen molar-refractivity contribution in [2.45, 2.75) is 105 Å². The van der Waals surface area contributed by atoms with Crippen LogP contribution >= 0.6 is 46.4 Å². The molecule has 0 aliphatic carbocycles. The van der Waals surface area contributed by atoms with Crippen LogP contribution in [0, 0.1) is 19.7 Å². The predicted octanol–water partition coefficient (Wildman–Crippen LogP) is 19.0. The van der Waals surface area contributed by atoms with Gasteiger partial charge in [0.25, 0.3) is 33.7 Å². The monoisotopic (exact) mass is 1750 g/mol. The third-order valence-corrected chi connectivity index (χ3v) is 24.4. The molecule has 3 fully saturated rings. The summed E-state index contributed by atoms with van der Waals surface area (Å²) < 4.78 is 6.51. The lowest BCUT2D eigenvalue weighted by atomic mass is 9.98. The smallest absolute Gasteiger partial charge is 0.274 e. The molecule has 0 spiro atoms. The molecule has 7 aromatic carbocycles. The number of hydrogen-bond acceptors (Lipinski definition) is 14. The van der Waals surface area contributed by atoms with Crippen LogP contribution in [0.2, 0.25) is 20.1 Å². The van der Waals surface area contributed by atoms with Crippen molar-refractivity contribution in [1.82, 2.24) is 43.2 Å². The summed E-state index contributed by atoms with van der Waals surface area (Å²) in [6.07, 6.45) is 10.6. The number of carbonyl (C=O) groups excluding carboxylic acids is 3. The fourth-order valence-electron chi connectivity index (χ4n) is 17.2. The van der Waals surface area contributed by atoms with Gasteiger partial charge in [0, 0.05) is 171 Å². The molecule has 0 unspecified atom stereocenters. The van der Waals surface area contributed by atoms with Crippen molar-refractivity contribution in [3.05, 3.63) is 298 Å². The van der Waals surface area contributed by atoms with E-state index in [2.05, 4.69) is 85.9 Å². The van der Waals surface area contributed by atoms with Crippen molar-refractivity contribution in [2.75, 3.05) is 91.7 Å². The Morgan fingerprint density at radius 2 is 0.840 bits per heavy atom. The summed E-state index contributed by atoms with van der Waals surface area (Å²) in [4.78, 5) is 107. The van der Waals surface area contributed by atoms with Crippen LogP contribution in [0.15, 0.2) is 211 Å². The molecule has 3 atom stereocenters. The van der Waals surface area contributed by atoms with Gasteiger partial charge in [-0.3, -0.25) is 52.1 Å². The number of nitrogens with zero attached hydrogens (tertiary/aromatic N) is 15. The molecule has 0 saturated carbocycles. The van der Waals surface area contributed by atoms with Gasteiger partial charge in [-0.1, -0.05) is 168 Å². The summed E-state index contributed by atoms with van der Waals surface area (Å²) in [5.41, 5.74) is 24.7. The zero-order valence-corrected chi connectivity index (χ0v) is 73.9. The molecular formula is C97H95Cl4N17O7. The van der Waals surface area contributed by atoms with E-state index in [-0.39, 0.29) is 77.3 Å². The SMILES string of the molecule is [C-]#[N+]c1c(N2CCN(C(=O)C=C)C[C@@H]2C)c2cc(Cl)c(-c3ccc(Cl)cc3N)cc2n(-c2ccccc2C(C)C)c1=O.[C-]#[N+]c1c(N2CCN(C(=O)C=C)C[C@@H]2C)c2cc(Cl)c(-c3cncc(N)c3)cc2n(-c2ccccc2C(C)C)c1=O.[C-]#[N+]c1c(N2CCN(C(=O)C=C)C[C@@H]2C)c2cc(Cl)c(-c3cnn(CCO)c3)cc2n(-c2ccccc2C(C)C)c1=O. The molecule has 24 nitrogen and oxygen atoms in total. The maximum atomic E-state index is 14.4. The minimum atomic E-state index is -0.422. The number of amides is 3. The molecule has 638 valence electrons. The highest BCUT2D eigenvalue weighted by Crippen LogP contribution is 2.48. The van der Waals surface area contributed by atoms with E-state index >= 15 is 0 Å². The number of benzene rings is 7. The second kappa shape index (κ2) is 37.8. The standard InChI is InChI=1S/C33H31Cl2N5O2.C32H33ClN6O3.C32H31ClN6O2/c1-6-30(41)38-13-14-39(20(4)18-38)32-25-16-26(35)24(23-12-11-21(34)15-27(23)36)17-29(25)40(33(42)31(32)37-5)28-10-8-7-9-22(28)19(2)3;1-6-29(41)36-11-12-38(21(4)18-36)31-25-15-26(33)24(22-17-35-37(19-22)13-14-40)16-28(25)39(32(42)30(31)34-5)27-10-8-7-9-23(27)20(2)3;1-6-29(40)37-11-12-38(20(4)18-37)31-25-14-26(33)24(21-13-22(34)17-36-16-21)15-28(25)39(32(41)30(31)35-5)27-10-8-7-9-23(27)19(2)3/h6-12,15-17,19-20H,1,13-14,18,36H2,2-4H3;6-10,15-17,19-21,40H,1,11-14,18H2,2-4H3;6-10,13-17,19-20H,1,11-12,18,34H2,2-4H3/t20-;21-;20-/m000/s1. The van der Waals surface area contributed by atoms with Crippen LogP contribution in [-0.4, -0.2) is 150 Å². The summed E-state index contributed by atoms with van der Waals surface area (Å²) >= 11 is 27.0. The molecule has 5 N–H and O–H groups in total. The van der Waals surface area contributed by atoms with E-state index in [9.17, 15) is 33.9 Å². The molecule has 15 rings (SSSR count). The van der Waals surface area contributed by atoms with Crippen molar-refractivity contribution in [3.8, 4) is 50.4 Å². The predicted molar refractivity (Wildman–Crippen MR) is 506 cm³/mol.